The summed E-state index contributed by atoms with van der Waals surface area (Å²) in [5.74, 6) is 7.18. The van der Waals surface area contributed by atoms with Gasteiger partial charge in [0.15, 0.2) is 0 Å². The monoisotopic (exact) mass is 804 g/mol. The van der Waals surface area contributed by atoms with E-state index < -0.39 is 0 Å². The molecule has 0 unspecified atom stereocenters. The van der Waals surface area contributed by atoms with Crippen LogP contribution in [0.4, 0.5) is 0 Å². The Morgan fingerprint density at radius 1 is 0.434 bits per heavy atom. The van der Waals surface area contributed by atoms with Crippen LogP contribution in [-0.4, -0.2) is 129 Å². The van der Waals surface area contributed by atoms with E-state index in [1.54, 1.807) is 21.6 Å². The van der Waals surface area contributed by atoms with Crippen LogP contribution in [0.15, 0.2) is 30.0 Å². The highest BCUT2D eigenvalue weighted by Gasteiger charge is 2.34. The Kier molecular flexibility index (Phi) is 26.3. The molecule has 0 aliphatic carbocycles. The molecule has 0 aromatic heterocycles. The Balaban J connectivity index is 0.00000120. The average molecular weight is 805 g/mol. The van der Waals surface area contributed by atoms with Gasteiger partial charge in [0.05, 0.1) is 39.6 Å². The molecule has 308 valence electrons. The van der Waals surface area contributed by atoms with Gasteiger partial charge in [0.2, 0.25) is 35.4 Å². The van der Waals surface area contributed by atoms with Crippen molar-refractivity contribution in [3.63, 3.8) is 0 Å². The van der Waals surface area contributed by atoms with E-state index in [0.29, 0.717) is 98.5 Å². The molecule has 0 N–H and O–H groups in total. The van der Waals surface area contributed by atoms with E-state index in [4.69, 9.17) is 48.4 Å². The van der Waals surface area contributed by atoms with Crippen molar-refractivity contribution in [2.45, 2.75) is 134 Å². The maximum Gasteiger partial charge on any atom is 0.210 e. The van der Waals surface area contributed by atoms with Crippen molar-refractivity contribution in [2.75, 3.05) is 56.9 Å². The lowest BCUT2D eigenvalue weighted by Gasteiger charge is -2.28. The first-order valence-electron chi connectivity index (χ1n) is 18.6. The summed E-state index contributed by atoms with van der Waals surface area (Å²) >= 11 is 4.28. The van der Waals surface area contributed by atoms with Crippen molar-refractivity contribution in [3.8, 4) is 0 Å². The fourth-order valence-corrected chi connectivity index (χ4v) is 7.68. The van der Waals surface area contributed by atoms with Crippen LogP contribution in [0, 0.1) is 17.8 Å². The zero-order valence-corrected chi connectivity index (χ0v) is 35.5. The molecule has 0 spiro atoms. The van der Waals surface area contributed by atoms with Crippen LogP contribution in [0.3, 0.4) is 0 Å². The number of nitrogens with zero attached hydrogens (tertiary/aromatic N) is 6. The fraction of sp³-hybridized carbons (Fsp3) is 0.842. The highest BCUT2D eigenvalue weighted by molar-refractivity contribution is 8.76. The molecule has 0 bridgehead atoms. The molecular formula is C38H72N6O6S3. The smallest absolute Gasteiger partial charge is 0.210 e. The Bertz CT molecular complexity index is 1160. The summed E-state index contributed by atoms with van der Waals surface area (Å²) in [6.07, 6.45) is 0. The van der Waals surface area contributed by atoms with E-state index in [-0.39, 0.29) is 51.1 Å². The van der Waals surface area contributed by atoms with E-state index in [0.717, 1.165) is 11.5 Å². The standard InChI is InChI=1S/C24H42N4O4S2.C12H22N2O2S.2CH4/c1-9-29-21-17(25-23(31-11-3)19(27-21)15(5)6)13-33-34-14-18-22(30-10-2)28-20(16(7)8)24(26-18)32-12-4;1-5-15-11-9(7-17)13-12(16-6-2)10(14-11)8(3)4;;/h15-20H,9-14H2,1-8H3;8-10,17H,5-7H2,1-4H3;2*1H4/t17-,18-,19+,20+;9-,10+;;/m00../s1. The number of thiol groups is 1. The van der Waals surface area contributed by atoms with Crippen molar-refractivity contribution in [1.82, 2.24) is 0 Å². The van der Waals surface area contributed by atoms with Gasteiger partial charge in [-0.25, -0.2) is 30.0 Å². The lowest BCUT2D eigenvalue weighted by molar-refractivity contribution is 0.278. The predicted molar refractivity (Wildman–Crippen MR) is 234 cm³/mol. The number of ether oxygens (including phenoxy) is 6. The molecule has 0 fully saturated rings. The number of hydrogen-bond acceptors (Lipinski definition) is 15. The molecule has 3 aliphatic rings. The van der Waals surface area contributed by atoms with Gasteiger partial charge in [0.1, 0.15) is 36.3 Å². The molecule has 0 saturated carbocycles. The Labute approximate surface area is 335 Å². The summed E-state index contributed by atoms with van der Waals surface area (Å²) < 4.78 is 34.5. The van der Waals surface area contributed by atoms with Crippen LogP contribution in [0.25, 0.3) is 0 Å². The summed E-state index contributed by atoms with van der Waals surface area (Å²) in [5, 5.41) is 0. The molecular weight excluding hydrogens is 733 g/mol. The first-order valence-corrected chi connectivity index (χ1v) is 21.7. The lowest BCUT2D eigenvalue weighted by Crippen LogP contribution is -2.39. The molecule has 3 aliphatic heterocycles. The van der Waals surface area contributed by atoms with Gasteiger partial charge >= 0.3 is 0 Å². The first-order chi connectivity index (χ1) is 24.5. The molecule has 3 heterocycles. The van der Waals surface area contributed by atoms with E-state index >= 15 is 0 Å². The first kappa shape index (κ1) is 50.9. The maximum absolute atomic E-state index is 5.86. The molecule has 0 aromatic rings. The van der Waals surface area contributed by atoms with Gasteiger partial charge in [0, 0.05) is 17.3 Å². The minimum Gasteiger partial charge on any atom is -0.480 e. The Hall–Kier alpha value is -2.13. The fourth-order valence-electron chi connectivity index (χ4n) is 5.21. The third-order valence-corrected chi connectivity index (χ3v) is 10.4. The van der Waals surface area contributed by atoms with E-state index in [1.807, 2.05) is 41.5 Å². The number of hydrogen-bond donors (Lipinski definition) is 1. The molecule has 3 rings (SSSR count). The Morgan fingerprint density at radius 3 is 0.925 bits per heavy atom. The molecule has 6 atom stereocenters. The van der Waals surface area contributed by atoms with Crippen LogP contribution in [0.1, 0.15) is 97.9 Å². The van der Waals surface area contributed by atoms with Gasteiger partial charge in [-0.2, -0.15) is 12.6 Å². The molecule has 0 amide bonds. The predicted octanol–water partition coefficient (Wildman–Crippen LogP) is 8.39. The van der Waals surface area contributed by atoms with Crippen molar-refractivity contribution >= 4 is 69.6 Å². The third kappa shape index (κ3) is 15.9. The van der Waals surface area contributed by atoms with E-state index in [2.05, 4.69) is 64.2 Å². The summed E-state index contributed by atoms with van der Waals surface area (Å²) in [7, 11) is 3.45. The highest BCUT2D eigenvalue weighted by Crippen LogP contribution is 2.29. The van der Waals surface area contributed by atoms with Gasteiger partial charge in [-0.1, -0.05) is 78.0 Å². The molecule has 0 radical (unpaired) electrons. The van der Waals surface area contributed by atoms with Gasteiger partial charge < -0.3 is 28.4 Å². The largest absolute Gasteiger partial charge is 0.480 e. The van der Waals surface area contributed by atoms with Gasteiger partial charge in [-0.15, -0.1) is 0 Å². The second kappa shape index (κ2) is 27.5. The quantitative estimate of drug-likeness (QED) is 0.0994. The summed E-state index contributed by atoms with van der Waals surface area (Å²) in [5.41, 5.74) is 0. The molecule has 53 heavy (non-hydrogen) atoms. The normalized spacial score (nSPS) is 23.8. The van der Waals surface area contributed by atoms with Crippen LogP contribution in [-0.2, 0) is 28.4 Å². The van der Waals surface area contributed by atoms with Gasteiger partial charge in [-0.3, -0.25) is 0 Å². The zero-order chi connectivity index (χ0) is 37.9. The molecule has 12 nitrogen and oxygen atoms in total. The summed E-state index contributed by atoms with van der Waals surface area (Å²) in [6, 6.07) is -0.658. The molecule has 0 aromatic carbocycles. The van der Waals surface area contributed by atoms with Crippen molar-refractivity contribution in [3.05, 3.63) is 0 Å². The van der Waals surface area contributed by atoms with Crippen LogP contribution in [0.5, 0.6) is 0 Å². The van der Waals surface area contributed by atoms with Crippen LogP contribution < -0.4 is 0 Å². The minimum absolute atomic E-state index is 0. The minimum atomic E-state index is -0.159. The van der Waals surface area contributed by atoms with E-state index in [1.165, 1.54) is 0 Å². The number of rotatable bonds is 15. The van der Waals surface area contributed by atoms with Crippen LogP contribution >= 0.6 is 34.2 Å². The Morgan fingerprint density at radius 2 is 0.679 bits per heavy atom. The summed E-state index contributed by atoms with van der Waals surface area (Å²) in [4.78, 5) is 28.6. The van der Waals surface area contributed by atoms with E-state index in [9.17, 15) is 0 Å². The molecule has 15 heteroatoms. The SMILES string of the molecule is C.C.CCOC1=N[C@H](C(C)C)C(OCC)=N[C@H]1CS.CCOC1=N[C@H](C(C)C)C(OCC)=N[C@H]1CSSC[C@@H]1N=C(OCC)[C@@H](C(C)C)N=C1OCC. The third-order valence-electron chi connectivity index (χ3n) is 7.62. The average Bonchev–Trinajstić information content (AvgIpc) is 3.09. The second-order valence-electron chi connectivity index (χ2n) is 12.8. The summed E-state index contributed by atoms with van der Waals surface area (Å²) in [6.45, 7) is 28.0. The molecule has 0 saturated heterocycles. The van der Waals surface area contributed by atoms with Crippen molar-refractivity contribution in [1.29, 1.82) is 0 Å². The lowest BCUT2D eigenvalue weighted by atomic mass is 10.0. The van der Waals surface area contributed by atoms with Crippen LogP contribution in [0.2, 0.25) is 0 Å². The van der Waals surface area contributed by atoms with Gasteiger partial charge in [0.25, 0.3) is 0 Å². The highest BCUT2D eigenvalue weighted by atomic mass is 33.1. The van der Waals surface area contributed by atoms with Crippen molar-refractivity contribution < 1.29 is 28.4 Å². The van der Waals surface area contributed by atoms with Crippen molar-refractivity contribution in [2.24, 2.45) is 47.7 Å². The second-order valence-corrected chi connectivity index (χ2v) is 15.7. The topological polar surface area (TPSA) is 130 Å². The van der Waals surface area contributed by atoms with Gasteiger partial charge in [-0.05, 0) is 59.3 Å². The maximum atomic E-state index is 5.86. The number of aliphatic imine (C=N–C) groups is 6. The zero-order valence-electron chi connectivity index (χ0n) is 33.0.